The number of aliphatic imine (C=N–C) groups is 1. The van der Waals surface area contributed by atoms with Crippen LogP contribution in [0.2, 0.25) is 0 Å². The Morgan fingerprint density at radius 3 is 2.29 bits per heavy atom. The van der Waals surface area contributed by atoms with E-state index in [0.717, 1.165) is 24.3 Å². The smallest absolute Gasteiger partial charge is 0.253 e. The first kappa shape index (κ1) is 24.5. The predicted molar refractivity (Wildman–Crippen MR) is 121 cm³/mol. The number of benzene rings is 1. The van der Waals surface area contributed by atoms with E-state index in [1.807, 2.05) is 0 Å². The molecule has 8 nitrogen and oxygen atoms in total. The van der Waals surface area contributed by atoms with Crippen molar-refractivity contribution in [3.05, 3.63) is 23.8 Å². The third-order valence-corrected chi connectivity index (χ3v) is 5.50. The Labute approximate surface area is 184 Å². The molecule has 1 aromatic carbocycles. The molecular formula is C23H36N4O4. The molecular weight excluding hydrogens is 396 g/mol. The van der Waals surface area contributed by atoms with E-state index in [2.05, 4.69) is 10.3 Å². The number of nitrogens with two attached hydrogens (primary N) is 2. The van der Waals surface area contributed by atoms with Crippen molar-refractivity contribution in [3.8, 4) is 11.5 Å². The minimum absolute atomic E-state index is 0.109. The lowest BCUT2D eigenvalue weighted by atomic mass is 9.86. The lowest BCUT2D eigenvalue weighted by Gasteiger charge is -2.20. The maximum atomic E-state index is 11.4. The van der Waals surface area contributed by atoms with E-state index in [-0.39, 0.29) is 18.3 Å². The molecule has 2 amide bonds. The molecule has 0 radical (unpaired) electrons. The Balaban J connectivity index is 0.000000224. The van der Waals surface area contributed by atoms with Crippen LogP contribution >= 0.6 is 0 Å². The zero-order valence-electron chi connectivity index (χ0n) is 18.7. The van der Waals surface area contributed by atoms with Crippen LogP contribution in [0, 0.1) is 5.92 Å². The zero-order chi connectivity index (χ0) is 22.6. The summed E-state index contributed by atoms with van der Waals surface area (Å²) in [5.41, 5.74) is 11.0. The molecule has 3 rings (SSSR count). The van der Waals surface area contributed by atoms with E-state index in [4.69, 9.17) is 20.9 Å². The summed E-state index contributed by atoms with van der Waals surface area (Å²) in [7, 11) is 3.07. The number of guanidine groups is 1. The molecule has 0 bridgehead atoms. The number of carbonyl (C=O) groups excluding carboxylic acids is 2. The van der Waals surface area contributed by atoms with E-state index in [1.54, 1.807) is 25.3 Å². The molecule has 1 aromatic rings. The summed E-state index contributed by atoms with van der Waals surface area (Å²) in [4.78, 5) is 26.2. The number of carbonyl (C=O) groups is 2. The van der Waals surface area contributed by atoms with Crippen LogP contribution in [0.5, 0.6) is 11.5 Å². The molecule has 0 aromatic heterocycles. The van der Waals surface area contributed by atoms with Crippen LogP contribution in [0.25, 0.3) is 0 Å². The molecule has 172 valence electrons. The Kier molecular flexibility index (Phi) is 10.1. The normalized spacial score (nSPS) is 15.8. The summed E-state index contributed by atoms with van der Waals surface area (Å²) in [5, 5.41) is 3.05. The number of nitrogens with zero attached hydrogens (tertiary/aromatic N) is 1. The van der Waals surface area contributed by atoms with Gasteiger partial charge in [-0.1, -0.05) is 38.2 Å². The topological polar surface area (TPSA) is 129 Å². The molecule has 2 fully saturated rings. The minimum atomic E-state index is -0.405. The van der Waals surface area contributed by atoms with E-state index in [1.165, 1.54) is 52.1 Å². The van der Waals surface area contributed by atoms with Crippen LogP contribution in [-0.4, -0.2) is 38.0 Å². The van der Waals surface area contributed by atoms with Gasteiger partial charge < -0.3 is 26.3 Å². The van der Waals surface area contributed by atoms with Crippen molar-refractivity contribution >= 4 is 17.8 Å². The van der Waals surface area contributed by atoms with Gasteiger partial charge in [0.05, 0.1) is 20.6 Å². The van der Waals surface area contributed by atoms with Crippen molar-refractivity contribution in [2.45, 2.75) is 70.3 Å². The molecule has 8 heteroatoms. The van der Waals surface area contributed by atoms with Gasteiger partial charge in [0.2, 0.25) is 5.91 Å². The fourth-order valence-corrected chi connectivity index (χ4v) is 3.69. The second-order valence-corrected chi connectivity index (χ2v) is 8.18. The third kappa shape index (κ3) is 9.72. The largest absolute Gasteiger partial charge is 0.493 e. The van der Waals surface area contributed by atoms with Gasteiger partial charge in [0, 0.05) is 12.5 Å². The standard InChI is InChI=1S/C12H21NO.C11H15N3O3/c14-12(13-11-7-8-11)9-6-10-4-2-1-3-5-10;1-16-8-4-3-7(5-9(8)17-2)6-10(15)14-11(12)13/h10-11H,1-9H2,(H,13,14);3-5H,6H2,1-2H3,(H4,12,13,14,15). The summed E-state index contributed by atoms with van der Waals surface area (Å²) < 4.78 is 10.2. The first-order valence-electron chi connectivity index (χ1n) is 11.0. The van der Waals surface area contributed by atoms with Crippen molar-refractivity contribution in [2.75, 3.05) is 14.2 Å². The highest BCUT2D eigenvalue weighted by Gasteiger charge is 2.23. The van der Waals surface area contributed by atoms with Crippen LogP contribution in [0.1, 0.15) is 63.4 Å². The summed E-state index contributed by atoms with van der Waals surface area (Å²) in [6.07, 6.45) is 11.3. The van der Waals surface area contributed by atoms with E-state index in [0.29, 0.717) is 17.5 Å². The maximum Gasteiger partial charge on any atom is 0.253 e. The van der Waals surface area contributed by atoms with Gasteiger partial charge >= 0.3 is 0 Å². The van der Waals surface area contributed by atoms with E-state index >= 15 is 0 Å². The zero-order valence-corrected chi connectivity index (χ0v) is 18.7. The summed E-state index contributed by atoms with van der Waals surface area (Å²) in [6.45, 7) is 0. The van der Waals surface area contributed by atoms with Crippen molar-refractivity contribution in [2.24, 2.45) is 22.4 Å². The highest BCUT2D eigenvalue weighted by molar-refractivity contribution is 5.92. The van der Waals surface area contributed by atoms with Crippen LogP contribution in [0.4, 0.5) is 0 Å². The van der Waals surface area contributed by atoms with Crippen LogP contribution < -0.4 is 26.3 Å². The molecule has 5 N–H and O–H groups in total. The molecule has 2 aliphatic rings. The van der Waals surface area contributed by atoms with Crippen molar-refractivity contribution in [3.63, 3.8) is 0 Å². The van der Waals surface area contributed by atoms with Gasteiger partial charge in [-0.15, -0.1) is 0 Å². The van der Waals surface area contributed by atoms with Gasteiger partial charge in [-0.05, 0) is 42.9 Å². The van der Waals surface area contributed by atoms with E-state index in [9.17, 15) is 9.59 Å². The van der Waals surface area contributed by atoms with Crippen LogP contribution in [-0.2, 0) is 16.0 Å². The maximum absolute atomic E-state index is 11.4. The van der Waals surface area contributed by atoms with Crippen molar-refractivity contribution in [1.82, 2.24) is 5.32 Å². The number of methoxy groups -OCH3 is 2. The fourth-order valence-electron chi connectivity index (χ4n) is 3.69. The highest BCUT2D eigenvalue weighted by atomic mass is 16.5. The molecule has 2 saturated carbocycles. The molecule has 0 spiro atoms. The summed E-state index contributed by atoms with van der Waals surface area (Å²) in [6, 6.07) is 5.71. The van der Waals surface area contributed by atoms with Gasteiger partial charge in [0.25, 0.3) is 5.91 Å². The quantitative estimate of drug-likeness (QED) is 0.428. The van der Waals surface area contributed by atoms with Crippen LogP contribution in [0.15, 0.2) is 23.2 Å². The number of hydrogen-bond acceptors (Lipinski definition) is 4. The Morgan fingerprint density at radius 2 is 1.71 bits per heavy atom. The molecule has 0 atom stereocenters. The van der Waals surface area contributed by atoms with E-state index < -0.39 is 5.91 Å². The summed E-state index contributed by atoms with van der Waals surface area (Å²) in [5.74, 6) is 1.65. The Hall–Kier alpha value is -2.77. The first-order chi connectivity index (χ1) is 14.9. The Morgan fingerprint density at radius 1 is 1.03 bits per heavy atom. The SMILES string of the molecule is COc1ccc(CC(=O)N=C(N)N)cc1OC.O=C(CCC1CCCCC1)NC1CC1. The van der Waals surface area contributed by atoms with Crippen LogP contribution in [0.3, 0.4) is 0 Å². The number of hydrogen-bond donors (Lipinski definition) is 3. The number of nitrogens with one attached hydrogen (secondary N) is 1. The number of ether oxygens (including phenoxy) is 2. The predicted octanol–water partition coefficient (Wildman–Crippen LogP) is 2.67. The molecule has 0 heterocycles. The Bertz CT molecular complexity index is 752. The highest BCUT2D eigenvalue weighted by Crippen LogP contribution is 2.28. The fraction of sp³-hybridized carbons (Fsp3) is 0.609. The van der Waals surface area contributed by atoms with Gasteiger partial charge in [-0.2, -0.15) is 4.99 Å². The summed E-state index contributed by atoms with van der Waals surface area (Å²) >= 11 is 0. The van der Waals surface area contributed by atoms with Crippen molar-refractivity contribution in [1.29, 1.82) is 0 Å². The molecule has 31 heavy (non-hydrogen) atoms. The van der Waals surface area contributed by atoms with Gasteiger partial charge in [-0.25, -0.2) is 0 Å². The lowest BCUT2D eigenvalue weighted by Crippen LogP contribution is -2.25. The number of amides is 2. The monoisotopic (exact) mass is 432 g/mol. The van der Waals surface area contributed by atoms with Gasteiger partial charge in [0.15, 0.2) is 17.5 Å². The average molecular weight is 433 g/mol. The average Bonchev–Trinajstić information content (AvgIpc) is 3.56. The van der Waals surface area contributed by atoms with Gasteiger partial charge in [-0.3, -0.25) is 9.59 Å². The second kappa shape index (κ2) is 12.8. The second-order valence-electron chi connectivity index (χ2n) is 8.18. The molecule has 0 saturated heterocycles. The lowest BCUT2D eigenvalue weighted by molar-refractivity contribution is -0.121. The minimum Gasteiger partial charge on any atom is -0.493 e. The molecule has 2 aliphatic carbocycles. The number of rotatable bonds is 8. The molecule has 0 unspecified atom stereocenters. The first-order valence-corrected chi connectivity index (χ1v) is 11.0. The third-order valence-electron chi connectivity index (χ3n) is 5.50. The van der Waals surface area contributed by atoms with Gasteiger partial charge in [0.1, 0.15) is 0 Å². The molecule has 0 aliphatic heterocycles. The van der Waals surface area contributed by atoms with Crippen molar-refractivity contribution < 1.29 is 19.1 Å².